The second-order valence-corrected chi connectivity index (χ2v) is 6.85. The second-order valence-electron chi connectivity index (χ2n) is 6.85. The predicted octanol–water partition coefficient (Wildman–Crippen LogP) is 4.53. The zero-order valence-electron chi connectivity index (χ0n) is 13.2. The summed E-state index contributed by atoms with van der Waals surface area (Å²) in [5, 5.41) is 7.82. The van der Waals surface area contributed by atoms with E-state index in [4.69, 9.17) is 0 Å². The van der Waals surface area contributed by atoms with E-state index in [0.717, 1.165) is 0 Å². The first kappa shape index (κ1) is 15.1. The van der Waals surface area contributed by atoms with Crippen LogP contribution in [0.2, 0.25) is 0 Å². The lowest BCUT2D eigenvalue weighted by atomic mass is 9.93. The first-order chi connectivity index (χ1) is 10.4. The standard InChI is InChI=1S/C19H30N2/c1-4-10-16(11-5-1)19(20-17-12-6-2-7-13-17)21-18-14-8-3-9-15-18/h1,4-5,10-11,17-21H,2-3,6-9,12-15H2. The fourth-order valence-corrected chi connectivity index (χ4v) is 3.90. The first-order valence-electron chi connectivity index (χ1n) is 8.99. The van der Waals surface area contributed by atoms with E-state index in [1.54, 1.807) is 0 Å². The number of rotatable bonds is 5. The molecule has 0 heterocycles. The van der Waals surface area contributed by atoms with Crippen LogP contribution in [-0.4, -0.2) is 12.1 Å². The van der Waals surface area contributed by atoms with Gasteiger partial charge in [-0.3, -0.25) is 10.6 Å². The van der Waals surface area contributed by atoms with Crippen LogP contribution in [0.25, 0.3) is 0 Å². The Morgan fingerprint density at radius 1 is 0.667 bits per heavy atom. The molecule has 2 nitrogen and oxygen atoms in total. The summed E-state index contributed by atoms with van der Waals surface area (Å²) in [6.07, 6.45) is 14.1. The van der Waals surface area contributed by atoms with Crippen molar-refractivity contribution < 1.29 is 0 Å². The quantitative estimate of drug-likeness (QED) is 0.777. The van der Waals surface area contributed by atoms with E-state index in [0.29, 0.717) is 18.2 Å². The van der Waals surface area contributed by atoms with Gasteiger partial charge in [0.2, 0.25) is 0 Å². The topological polar surface area (TPSA) is 24.1 Å². The third-order valence-electron chi connectivity index (χ3n) is 5.15. The molecule has 2 fully saturated rings. The summed E-state index contributed by atoms with van der Waals surface area (Å²) in [4.78, 5) is 0. The molecule has 0 bridgehead atoms. The fourth-order valence-electron chi connectivity index (χ4n) is 3.90. The molecular weight excluding hydrogens is 256 g/mol. The van der Waals surface area contributed by atoms with Crippen LogP contribution in [0.1, 0.15) is 75.9 Å². The Hall–Kier alpha value is -0.860. The molecule has 2 saturated carbocycles. The maximum atomic E-state index is 3.91. The van der Waals surface area contributed by atoms with Gasteiger partial charge in [0.1, 0.15) is 0 Å². The summed E-state index contributed by atoms with van der Waals surface area (Å²) in [5.41, 5.74) is 1.40. The molecule has 0 unspecified atom stereocenters. The smallest absolute Gasteiger partial charge is 0.0839 e. The molecule has 0 aromatic heterocycles. The van der Waals surface area contributed by atoms with Crippen LogP contribution >= 0.6 is 0 Å². The minimum absolute atomic E-state index is 0.331. The average Bonchev–Trinajstić information content (AvgIpc) is 2.57. The van der Waals surface area contributed by atoms with Gasteiger partial charge >= 0.3 is 0 Å². The molecule has 2 N–H and O–H groups in total. The van der Waals surface area contributed by atoms with Crippen LogP contribution < -0.4 is 10.6 Å². The Morgan fingerprint density at radius 2 is 1.14 bits per heavy atom. The molecule has 2 aliphatic carbocycles. The van der Waals surface area contributed by atoms with Gasteiger partial charge in [-0.2, -0.15) is 0 Å². The lowest BCUT2D eigenvalue weighted by molar-refractivity contribution is 0.266. The molecule has 2 heteroatoms. The summed E-state index contributed by atoms with van der Waals surface area (Å²) >= 11 is 0. The lowest BCUT2D eigenvalue weighted by Gasteiger charge is -2.33. The van der Waals surface area contributed by atoms with Gasteiger partial charge in [-0.25, -0.2) is 0 Å². The number of nitrogens with one attached hydrogen (secondary N) is 2. The van der Waals surface area contributed by atoms with Crippen molar-refractivity contribution in [2.24, 2.45) is 0 Å². The van der Waals surface area contributed by atoms with Crippen LogP contribution in [-0.2, 0) is 0 Å². The van der Waals surface area contributed by atoms with Gasteiger partial charge in [0.25, 0.3) is 0 Å². The maximum absolute atomic E-state index is 3.91. The number of hydrogen-bond donors (Lipinski definition) is 2. The SMILES string of the molecule is c1ccc(C(NC2CCCCC2)NC2CCCCC2)cc1. The van der Waals surface area contributed by atoms with Crippen LogP contribution in [0.4, 0.5) is 0 Å². The Balaban J connectivity index is 1.64. The summed E-state index contributed by atoms with van der Waals surface area (Å²) in [6, 6.07) is 12.3. The summed E-state index contributed by atoms with van der Waals surface area (Å²) in [7, 11) is 0. The van der Waals surface area contributed by atoms with E-state index in [9.17, 15) is 0 Å². The Morgan fingerprint density at radius 3 is 1.62 bits per heavy atom. The van der Waals surface area contributed by atoms with E-state index in [1.165, 1.54) is 69.8 Å². The Labute approximate surface area is 129 Å². The lowest BCUT2D eigenvalue weighted by Crippen LogP contribution is -2.45. The molecule has 21 heavy (non-hydrogen) atoms. The minimum atomic E-state index is 0.331. The van der Waals surface area contributed by atoms with E-state index < -0.39 is 0 Å². The monoisotopic (exact) mass is 286 g/mol. The van der Waals surface area contributed by atoms with E-state index in [1.807, 2.05) is 0 Å². The Bertz CT molecular complexity index is 371. The van der Waals surface area contributed by atoms with Crippen molar-refractivity contribution in [2.75, 3.05) is 0 Å². The number of benzene rings is 1. The van der Waals surface area contributed by atoms with E-state index in [2.05, 4.69) is 41.0 Å². The Kier molecular flexibility index (Phi) is 5.70. The molecule has 0 aliphatic heterocycles. The third-order valence-corrected chi connectivity index (χ3v) is 5.15. The average molecular weight is 286 g/mol. The molecule has 0 atom stereocenters. The maximum Gasteiger partial charge on any atom is 0.0839 e. The van der Waals surface area contributed by atoms with Gasteiger partial charge in [-0.1, -0.05) is 68.9 Å². The summed E-state index contributed by atoms with van der Waals surface area (Å²) in [6.45, 7) is 0. The highest BCUT2D eigenvalue weighted by Crippen LogP contribution is 2.23. The van der Waals surface area contributed by atoms with Crippen LogP contribution in [0, 0.1) is 0 Å². The van der Waals surface area contributed by atoms with Crippen molar-refractivity contribution >= 4 is 0 Å². The van der Waals surface area contributed by atoms with Gasteiger partial charge < -0.3 is 0 Å². The molecule has 0 amide bonds. The molecule has 3 rings (SSSR count). The highest BCUT2D eigenvalue weighted by atomic mass is 15.2. The van der Waals surface area contributed by atoms with Crippen molar-refractivity contribution in [1.29, 1.82) is 0 Å². The van der Waals surface area contributed by atoms with Gasteiger partial charge in [0.15, 0.2) is 0 Å². The van der Waals surface area contributed by atoms with Crippen molar-refractivity contribution in [2.45, 2.75) is 82.5 Å². The summed E-state index contributed by atoms with van der Waals surface area (Å²) in [5.74, 6) is 0. The van der Waals surface area contributed by atoms with E-state index in [-0.39, 0.29) is 0 Å². The fraction of sp³-hybridized carbons (Fsp3) is 0.684. The highest BCUT2D eigenvalue weighted by molar-refractivity contribution is 5.18. The van der Waals surface area contributed by atoms with E-state index >= 15 is 0 Å². The van der Waals surface area contributed by atoms with Crippen LogP contribution in [0.3, 0.4) is 0 Å². The molecule has 116 valence electrons. The van der Waals surface area contributed by atoms with Gasteiger partial charge in [-0.15, -0.1) is 0 Å². The van der Waals surface area contributed by atoms with Crippen molar-refractivity contribution in [3.8, 4) is 0 Å². The largest absolute Gasteiger partial charge is 0.295 e. The van der Waals surface area contributed by atoms with Crippen LogP contribution in [0.5, 0.6) is 0 Å². The third kappa shape index (κ3) is 4.55. The molecule has 1 aromatic carbocycles. The normalized spacial score (nSPS) is 21.8. The predicted molar refractivity (Wildman–Crippen MR) is 89.2 cm³/mol. The van der Waals surface area contributed by atoms with Gasteiger partial charge in [-0.05, 0) is 31.2 Å². The molecule has 1 aromatic rings. The second kappa shape index (κ2) is 7.95. The summed E-state index contributed by atoms with van der Waals surface area (Å²) < 4.78 is 0. The first-order valence-corrected chi connectivity index (χ1v) is 8.99. The molecule has 0 spiro atoms. The molecular formula is C19H30N2. The molecule has 0 radical (unpaired) electrons. The zero-order valence-corrected chi connectivity index (χ0v) is 13.2. The highest BCUT2D eigenvalue weighted by Gasteiger charge is 2.22. The van der Waals surface area contributed by atoms with Crippen molar-refractivity contribution in [3.63, 3.8) is 0 Å². The zero-order chi connectivity index (χ0) is 14.3. The molecule has 2 aliphatic rings. The van der Waals surface area contributed by atoms with Crippen LogP contribution in [0.15, 0.2) is 30.3 Å². The molecule has 0 saturated heterocycles. The minimum Gasteiger partial charge on any atom is -0.295 e. The van der Waals surface area contributed by atoms with Crippen molar-refractivity contribution in [1.82, 2.24) is 10.6 Å². The number of hydrogen-bond acceptors (Lipinski definition) is 2. The van der Waals surface area contributed by atoms with Gasteiger partial charge in [0, 0.05) is 12.1 Å². The van der Waals surface area contributed by atoms with Crippen molar-refractivity contribution in [3.05, 3.63) is 35.9 Å². The van der Waals surface area contributed by atoms with Gasteiger partial charge in [0.05, 0.1) is 6.17 Å².